The highest BCUT2D eigenvalue weighted by molar-refractivity contribution is 5.88. The Labute approximate surface area is 208 Å². The minimum absolute atomic E-state index is 0.377. The molecule has 35 heavy (non-hydrogen) atoms. The van der Waals surface area contributed by atoms with E-state index in [0.717, 1.165) is 57.8 Å². The first-order valence-electron chi connectivity index (χ1n) is 13.3. The van der Waals surface area contributed by atoms with Crippen LogP contribution in [-0.2, 0) is 0 Å². The molecular formula is C28H39N5O2. The van der Waals surface area contributed by atoms with Crippen LogP contribution in [-0.4, -0.2) is 33.6 Å². The molecular weight excluding hydrogens is 438 g/mol. The van der Waals surface area contributed by atoms with E-state index >= 15 is 0 Å². The lowest BCUT2D eigenvalue weighted by Crippen LogP contribution is -2.22. The summed E-state index contributed by atoms with van der Waals surface area (Å²) in [6.07, 6.45) is 6.15. The maximum atomic E-state index is 6.37. The van der Waals surface area contributed by atoms with Gasteiger partial charge in [-0.1, -0.05) is 13.8 Å². The van der Waals surface area contributed by atoms with Crippen LogP contribution >= 0.6 is 0 Å². The van der Waals surface area contributed by atoms with E-state index in [0.29, 0.717) is 36.4 Å². The van der Waals surface area contributed by atoms with Crippen molar-refractivity contribution in [3.05, 3.63) is 23.5 Å². The molecule has 3 heterocycles. The maximum absolute atomic E-state index is 6.37. The smallest absolute Gasteiger partial charge is 0.225 e. The highest BCUT2D eigenvalue weighted by atomic mass is 16.5. The molecule has 0 amide bonds. The van der Waals surface area contributed by atoms with Crippen LogP contribution in [0.5, 0.6) is 5.88 Å². The summed E-state index contributed by atoms with van der Waals surface area (Å²) in [6.45, 7) is 13.4. The van der Waals surface area contributed by atoms with Gasteiger partial charge in [-0.15, -0.1) is 0 Å². The molecule has 3 atom stereocenters. The van der Waals surface area contributed by atoms with Gasteiger partial charge in [0.1, 0.15) is 11.6 Å². The number of hydrogen-bond donors (Lipinski definition) is 2. The number of hydrogen-bond acceptors (Lipinski definition) is 7. The number of ether oxygens (including phenoxy) is 1. The third kappa shape index (κ3) is 5.09. The zero-order chi connectivity index (χ0) is 24.7. The van der Waals surface area contributed by atoms with Crippen LogP contribution in [0.15, 0.2) is 16.5 Å². The second-order valence-electron chi connectivity index (χ2n) is 10.8. The highest BCUT2D eigenvalue weighted by Gasteiger charge is 2.31. The lowest BCUT2D eigenvalue weighted by Gasteiger charge is -2.20. The number of rotatable bonds is 9. The molecule has 0 aliphatic heterocycles. The minimum Gasteiger partial charge on any atom is -0.478 e. The third-order valence-corrected chi connectivity index (χ3v) is 7.72. The van der Waals surface area contributed by atoms with Gasteiger partial charge in [0.05, 0.1) is 23.6 Å². The molecule has 2 aliphatic rings. The molecule has 7 nitrogen and oxygen atoms in total. The van der Waals surface area contributed by atoms with Gasteiger partial charge in [0.25, 0.3) is 0 Å². The standard InChI is InChI=1S/C28H39N5O2/c1-7-34-24-14-21-13-23(35-26(21)18(6)29-24)25-17(5)31-28(30-16(4)19-8-9-19)33-27(25)32-22-11-10-20(12-22)15(2)3/h13-16,19-20,22H,7-12H2,1-6H3,(H2,30,31,32,33). The SMILES string of the molecule is CCOc1cc2cc(-c3c(C)nc(NC(C)C4CC4)nc3NC3CCC(C(C)C)C3)oc2c(C)n1. The molecule has 2 fully saturated rings. The topological polar surface area (TPSA) is 85.1 Å². The highest BCUT2D eigenvalue weighted by Crippen LogP contribution is 2.39. The van der Waals surface area contributed by atoms with Gasteiger partial charge in [-0.2, -0.15) is 4.98 Å². The lowest BCUT2D eigenvalue weighted by molar-refractivity contribution is 0.326. The summed E-state index contributed by atoms with van der Waals surface area (Å²) in [6, 6.07) is 4.79. The van der Waals surface area contributed by atoms with E-state index in [-0.39, 0.29) is 0 Å². The fourth-order valence-electron chi connectivity index (χ4n) is 5.42. The van der Waals surface area contributed by atoms with E-state index in [2.05, 4.69) is 42.5 Å². The number of nitrogens with one attached hydrogen (secondary N) is 2. The fraction of sp³-hybridized carbons (Fsp3) is 0.607. The van der Waals surface area contributed by atoms with Crippen molar-refractivity contribution in [1.82, 2.24) is 15.0 Å². The first-order chi connectivity index (χ1) is 16.8. The molecule has 2 N–H and O–H groups in total. The number of aromatic nitrogens is 3. The van der Waals surface area contributed by atoms with E-state index in [4.69, 9.17) is 19.1 Å². The summed E-state index contributed by atoms with van der Waals surface area (Å²) < 4.78 is 12.0. The molecule has 5 rings (SSSR count). The largest absolute Gasteiger partial charge is 0.478 e. The Kier molecular flexibility index (Phi) is 6.60. The van der Waals surface area contributed by atoms with Crippen molar-refractivity contribution in [3.63, 3.8) is 0 Å². The Hall–Kier alpha value is -2.83. The van der Waals surface area contributed by atoms with Gasteiger partial charge in [-0.3, -0.25) is 0 Å². The lowest BCUT2D eigenvalue weighted by atomic mass is 9.94. The van der Waals surface area contributed by atoms with Crippen molar-refractivity contribution >= 4 is 22.7 Å². The van der Waals surface area contributed by atoms with Gasteiger partial charge in [-0.25, -0.2) is 9.97 Å². The molecule has 3 unspecified atom stereocenters. The van der Waals surface area contributed by atoms with Crippen molar-refractivity contribution in [1.29, 1.82) is 0 Å². The summed E-state index contributed by atoms with van der Waals surface area (Å²) >= 11 is 0. The average molecular weight is 478 g/mol. The number of fused-ring (bicyclic) bond motifs is 1. The molecule has 2 aliphatic carbocycles. The minimum atomic E-state index is 0.377. The molecule has 188 valence electrons. The van der Waals surface area contributed by atoms with Gasteiger partial charge in [0.15, 0.2) is 5.58 Å². The van der Waals surface area contributed by atoms with Crippen LogP contribution in [0.1, 0.15) is 71.2 Å². The van der Waals surface area contributed by atoms with Crippen LogP contribution in [0.3, 0.4) is 0 Å². The molecule has 2 saturated carbocycles. The Morgan fingerprint density at radius 1 is 1.00 bits per heavy atom. The third-order valence-electron chi connectivity index (χ3n) is 7.72. The zero-order valence-electron chi connectivity index (χ0n) is 21.9. The summed E-state index contributed by atoms with van der Waals surface area (Å²) in [5, 5.41) is 8.32. The summed E-state index contributed by atoms with van der Waals surface area (Å²) in [5.74, 6) is 5.11. The zero-order valence-corrected chi connectivity index (χ0v) is 21.9. The van der Waals surface area contributed by atoms with Crippen LogP contribution in [0, 0.1) is 31.6 Å². The number of anilines is 2. The van der Waals surface area contributed by atoms with E-state index in [1.807, 2.05) is 26.8 Å². The van der Waals surface area contributed by atoms with Crippen LogP contribution in [0.2, 0.25) is 0 Å². The summed E-state index contributed by atoms with van der Waals surface area (Å²) in [4.78, 5) is 14.4. The Morgan fingerprint density at radius 2 is 1.77 bits per heavy atom. The first kappa shape index (κ1) is 23.9. The van der Waals surface area contributed by atoms with Crippen molar-refractivity contribution in [3.8, 4) is 17.2 Å². The van der Waals surface area contributed by atoms with Crippen molar-refractivity contribution < 1.29 is 9.15 Å². The predicted molar refractivity (Wildman–Crippen MR) is 141 cm³/mol. The number of nitrogens with zero attached hydrogens (tertiary/aromatic N) is 3. The summed E-state index contributed by atoms with van der Waals surface area (Å²) in [5.41, 5.74) is 3.42. The maximum Gasteiger partial charge on any atom is 0.225 e. The van der Waals surface area contributed by atoms with Crippen LogP contribution in [0.25, 0.3) is 22.3 Å². The summed E-state index contributed by atoms with van der Waals surface area (Å²) in [7, 11) is 0. The van der Waals surface area contributed by atoms with Gasteiger partial charge in [-0.05, 0) is 83.6 Å². The monoisotopic (exact) mass is 477 g/mol. The number of aryl methyl sites for hydroxylation is 2. The van der Waals surface area contributed by atoms with E-state index in [9.17, 15) is 0 Å². The van der Waals surface area contributed by atoms with Gasteiger partial charge in [0.2, 0.25) is 11.8 Å². The predicted octanol–water partition coefficient (Wildman–Crippen LogP) is 6.75. The molecule has 0 aromatic carbocycles. The Balaban J connectivity index is 1.52. The Morgan fingerprint density at radius 3 is 2.46 bits per heavy atom. The van der Waals surface area contributed by atoms with Crippen molar-refractivity contribution in [2.24, 2.45) is 17.8 Å². The fourth-order valence-corrected chi connectivity index (χ4v) is 5.42. The number of pyridine rings is 1. The van der Waals surface area contributed by atoms with Crippen LogP contribution in [0.4, 0.5) is 11.8 Å². The molecule has 7 heteroatoms. The molecule has 0 radical (unpaired) electrons. The average Bonchev–Trinajstić information content (AvgIpc) is 3.40. The second kappa shape index (κ2) is 9.67. The van der Waals surface area contributed by atoms with Crippen molar-refractivity contribution in [2.45, 2.75) is 85.7 Å². The van der Waals surface area contributed by atoms with E-state index < -0.39 is 0 Å². The molecule has 3 aromatic heterocycles. The van der Waals surface area contributed by atoms with Gasteiger partial charge >= 0.3 is 0 Å². The molecule has 0 saturated heterocycles. The van der Waals surface area contributed by atoms with Crippen LogP contribution < -0.4 is 15.4 Å². The molecule has 0 spiro atoms. The van der Waals surface area contributed by atoms with E-state index in [1.54, 1.807) is 0 Å². The normalized spacial score (nSPS) is 21.0. The molecule has 0 bridgehead atoms. The van der Waals surface area contributed by atoms with E-state index in [1.165, 1.54) is 25.7 Å². The quantitative estimate of drug-likeness (QED) is 0.353. The number of furan rings is 1. The first-order valence-corrected chi connectivity index (χ1v) is 13.3. The van der Waals surface area contributed by atoms with Crippen molar-refractivity contribution in [2.75, 3.05) is 17.2 Å². The van der Waals surface area contributed by atoms with Gasteiger partial charge < -0.3 is 19.8 Å². The molecule has 3 aromatic rings. The Bertz CT molecular complexity index is 1200. The second-order valence-corrected chi connectivity index (χ2v) is 10.8. The van der Waals surface area contributed by atoms with Gasteiger partial charge in [0, 0.05) is 23.5 Å².